The smallest absolute Gasteiger partial charge is 0.253 e. The summed E-state index contributed by atoms with van der Waals surface area (Å²) in [5.41, 5.74) is -0.489. The molecule has 0 bridgehead atoms. The van der Waals surface area contributed by atoms with Gasteiger partial charge in [0.2, 0.25) is 0 Å². The third kappa shape index (κ3) is 4.27. The molecule has 0 unspecified atom stereocenters. The van der Waals surface area contributed by atoms with E-state index in [2.05, 4.69) is 0 Å². The molecule has 0 spiro atoms. The number of β-amino-alcohol motifs (C(OH)–C–C–N with tert-alkyl or cyclic N) is 1. The second-order valence-corrected chi connectivity index (χ2v) is 7.06. The Kier molecular flexibility index (Phi) is 4.97. The van der Waals surface area contributed by atoms with Crippen molar-refractivity contribution in [1.82, 2.24) is 9.80 Å². The number of rotatable bonds is 4. The third-order valence-corrected chi connectivity index (χ3v) is 5.06. The van der Waals surface area contributed by atoms with Gasteiger partial charge in [-0.3, -0.25) is 9.69 Å². The van der Waals surface area contributed by atoms with Crippen LogP contribution in [0.2, 0.25) is 0 Å². The summed E-state index contributed by atoms with van der Waals surface area (Å²) < 4.78 is 31.6. The summed E-state index contributed by atoms with van der Waals surface area (Å²) in [5, 5.41) is 10.8. The van der Waals surface area contributed by atoms with E-state index in [1.165, 1.54) is 0 Å². The Bertz CT molecular complexity index is 613. The number of likely N-dealkylation sites (tertiary alicyclic amines) is 2. The fourth-order valence-electron chi connectivity index (χ4n) is 3.53. The largest absolute Gasteiger partial charge is 0.497 e. The van der Waals surface area contributed by atoms with Crippen LogP contribution in [0.1, 0.15) is 29.6 Å². The van der Waals surface area contributed by atoms with E-state index in [1.807, 2.05) is 4.90 Å². The molecule has 25 heavy (non-hydrogen) atoms. The predicted molar refractivity (Wildman–Crippen MR) is 89.1 cm³/mol. The van der Waals surface area contributed by atoms with Crippen molar-refractivity contribution in [2.75, 3.05) is 39.8 Å². The number of carbonyl (C=O) groups excluding carboxylic acids is 1. The molecule has 2 aliphatic heterocycles. The first-order valence-electron chi connectivity index (χ1n) is 8.56. The van der Waals surface area contributed by atoms with E-state index in [0.717, 1.165) is 0 Å². The van der Waals surface area contributed by atoms with Gasteiger partial charge in [-0.2, -0.15) is 0 Å². The first-order chi connectivity index (χ1) is 11.8. The highest BCUT2D eigenvalue weighted by Gasteiger charge is 2.42. The Morgan fingerprint density at radius 2 is 1.80 bits per heavy atom. The molecular weight excluding hydrogens is 330 g/mol. The van der Waals surface area contributed by atoms with Crippen LogP contribution in [-0.4, -0.2) is 72.2 Å². The molecule has 3 rings (SSSR count). The summed E-state index contributed by atoms with van der Waals surface area (Å²) in [4.78, 5) is 16.1. The van der Waals surface area contributed by atoms with Crippen LogP contribution < -0.4 is 4.74 Å². The van der Waals surface area contributed by atoms with Crippen LogP contribution in [0, 0.1) is 0 Å². The van der Waals surface area contributed by atoms with Gasteiger partial charge in [-0.05, 0) is 30.7 Å². The van der Waals surface area contributed by atoms with E-state index in [9.17, 15) is 18.7 Å². The lowest BCUT2D eigenvalue weighted by molar-refractivity contribution is -0.0720. The van der Waals surface area contributed by atoms with Gasteiger partial charge in [-0.1, -0.05) is 0 Å². The normalized spacial score (nSPS) is 26.6. The number of piperidine rings is 1. The Hall–Kier alpha value is -1.73. The molecule has 1 aromatic rings. The number of ether oxygens (including phenoxy) is 1. The molecule has 1 atom stereocenters. The van der Waals surface area contributed by atoms with E-state index in [1.54, 1.807) is 36.3 Å². The number of methoxy groups -OCH3 is 1. The summed E-state index contributed by atoms with van der Waals surface area (Å²) in [7, 11) is 1.56. The van der Waals surface area contributed by atoms with Crippen molar-refractivity contribution < 1.29 is 23.4 Å². The number of halogens is 2. The lowest BCUT2D eigenvalue weighted by atomic mass is 10.00. The number of alkyl halides is 2. The number of benzene rings is 1. The van der Waals surface area contributed by atoms with Crippen LogP contribution in [0.3, 0.4) is 0 Å². The molecule has 138 valence electrons. The maximum absolute atomic E-state index is 13.2. The second kappa shape index (κ2) is 6.88. The molecule has 2 saturated heterocycles. The van der Waals surface area contributed by atoms with Gasteiger partial charge in [0.05, 0.1) is 19.3 Å². The van der Waals surface area contributed by atoms with E-state index in [0.29, 0.717) is 30.8 Å². The SMILES string of the molecule is COc1ccc(C(=O)N2CC[C@](O)(CN3CCC(F)(F)CC3)C2)cc1. The summed E-state index contributed by atoms with van der Waals surface area (Å²) in [5.74, 6) is -2.05. The van der Waals surface area contributed by atoms with Gasteiger partial charge in [0.25, 0.3) is 11.8 Å². The van der Waals surface area contributed by atoms with Gasteiger partial charge in [0.15, 0.2) is 0 Å². The van der Waals surface area contributed by atoms with Crippen molar-refractivity contribution in [1.29, 1.82) is 0 Å². The summed E-state index contributed by atoms with van der Waals surface area (Å²) in [6, 6.07) is 6.85. The van der Waals surface area contributed by atoms with Crippen LogP contribution in [-0.2, 0) is 0 Å². The molecule has 0 aromatic heterocycles. The minimum Gasteiger partial charge on any atom is -0.497 e. The molecule has 1 N–H and O–H groups in total. The lowest BCUT2D eigenvalue weighted by Gasteiger charge is -2.36. The number of aliphatic hydroxyl groups is 1. The molecule has 0 aliphatic carbocycles. The lowest BCUT2D eigenvalue weighted by Crippen LogP contribution is -2.49. The first-order valence-corrected chi connectivity index (χ1v) is 8.56. The van der Waals surface area contributed by atoms with Gasteiger partial charge in [-0.25, -0.2) is 8.78 Å². The minimum absolute atomic E-state index is 0.135. The monoisotopic (exact) mass is 354 g/mol. The van der Waals surface area contributed by atoms with E-state index in [4.69, 9.17) is 4.74 Å². The molecule has 5 nitrogen and oxygen atoms in total. The summed E-state index contributed by atoms with van der Waals surface area (Å²) in [6.45, 7) is 1.58. The highest BCUT2D eigenvalue weighted by Crippen LogP contribution is 2.30. The van der Waals surface area contributed by atoms with Crippen LogP contribution in [0.15, 0.2) is 24.3 Å². The number of nitrogens with zero attached hydrogens (tertiary/aromatic N) is 2. The first kappa shape index (κ1) is 18.1. The average molecular weight is 354 g/mol. The van der Waals surface area contributed by atoms with Crippen molar-refractivity contribution in [3.8, 4) is 5.75 Å². The zero-order valence-corrected chi connectivity index (χ0v) is 14.4. The molecule has 1 aromatic carbocycles. The highest BCUT2D eigenvalue weighted by atomic mass is 19.3. The molecule has 0 saturated carbocycles. The van der Waals surface area contributed by atoms with E-state index >= 15 is 0 Å². The molecule has 2 heterocycles. The fourth-order valence-corrected chi connectivity index (χ4v) is 3.53. The van der Waals surface area contributed by atoms with Gasteiger partial charge in [0, 0.05) is 44.6 Å². The number of hydrogen-bond donors (Lipinski definition) is 1. The molecule has 2 aliphatic rings. The zero-order valence-electron chi connectivity index (χ0n) is 14.4. The third-order valence-electron chi connectivity index (χ3n) is 5.06. The van der Waals surface area contributed by atoms with E-state index in [-0.39, 0.29) is 38.4 Å². The van der Waals surface area contributed by atoms with Gasteiger partial charge < -0.3 is 14.7 Å². The molecule has 1 amide bonds. The van der Waals surface area contributed by atoms with Crippen molar-refractivity contribution >= 4 is 5.91 Å². The average Bonchev–Trinajstić information content (AvgIpc) is 2.98. The molecule has 2 fully saturated rings. The second-order valence-electron chi connectivity index (χ2n) is 7.06. The van der Waals surface area contributed by atoms with Crippen LogP contribution in [0.5, 0.6) is 5.75 Å². The predicted octanol–water partition coefficient (Wildman–Crippen LogP) is 2.00. The Balaban J connectivity index is 1.57. The standard InChI is InChI=1S/C18H24F2N2O3/c1-25-15-4-2-14(3-5-15)16(23)22-11-6-17(24,13-22)12-21-9-7-18(19,20)8-10-21/h2-5,24H,6-13H2,1H3/t17-/m0/s1. The zero-order chi connectivity index (χ0) is 18.1. The quantitative estimate of drug-likeness (QED) is 0.899. The van der Waals surface area contributed by atoms with Crippen LogP contribution in [0.25, 0.3) is 0 Å². The fraction of sp³-hybridized carbons (Fsp3) is 0.611. The Morgan fingerprint density at radius 3 is 2.40 bits per heavy atom. The molecular formula is C18H24F2N2O3. The minimum atomic E-state index is -2.59. The van der Waals surface area contributed by atoms with E-state index < -0.39 is 11.5 Å². The number of carbonyl (C=O) groups is 1. The molecule has 7 heteroatoms. The Morgan fingerprint density at radius 1 is 1.16 bits per heavy atom. The van der Waals surface area contributed by atoms with Gasteiger partial charge >= 0.3 is 0 Å². The van der Waals surface area contributed by atoms with Gasteiger partial charge in [0.1, 0.15) is 5.75 Å². The van der Waals surface area contributed by atoms with Crippen LogP contribution >= 0.6 is 0 Å². The number of amides is 1. The Labute approximate surface area is 146 Å². The molecule has 0 radical (unpaired) electrons. The van der Waals surface area contributed by atoms with Crippen molar-refractivity contribution in [2.45, 2.75) is 30.8 Å². The van der Waals surface area contributed by atoms with Crippen molar-refractivity contribution in [2.24, 2.45) is 0 Å². The number of hydrogen-bond acceptors (Lipinski definition) is 4. The van der Waals surface area contributed by atoms with Crippen molar-refractivity contribution in [3.63, 3.8) is 0 Å². The summed E-state index contributed by atoms with van der Waals surface area (Å²) in [6.07, 6.45) is 0.122. The maximum atomic E-state index is 13.2. The maximum Gasteiger partial charge on any atom is 0.253 e. The van der Waals surface area contributed by atoms with Crippen molar-refractivity contribution in [3.05, 3.63) is 29.8 Å². The topological polar surface area (TPSA) is 53.0 Å². The van der Waals surface area contributed by atoms with Gasteiger partial charge in [-0.15, -0.1) is 0 Å². The summed E-state index contributed by atoms with van der Waals surface area (Å²) >= 11 is 0. The van der Waals surface area contributed by atoms with Crippen LogP contribution in [0.4, 0.5) is 8.78 Å². The highest BCUT2D eigenvalue weighted by molar-refractivity contribution is 5.94.